The summed E-state index contributed by atoms with van der Waals surface area (Å²) in [5.41, 5.74) is 6.03. The summed E-state index contributed by atoms with van der Waals surface area (Å²) in [5, 5.41) is 5.66. The third-order valence-corrected chi connectivity index (χ3v) is 7.68. The van der Waals surface area contributed by atoms with Crippen LogP contribution in [0, 0.1) is 13.8 Å². The standard InChI is InChI=1S/2C14H17.C4H11Si.2ClH.Zr/c2*1-3-4-7-12-10-13-8-5-6-9-14(13)11(12)2;1-3-5-4-2;;;/h2*5-6,8-10H,3-4,7H2,1-2H3;5H,3-4H2,1-2H3;2*1H;/q2*-1;;;;+4/p-2. The fraction of sp³-hybridized carbons (Fsp3) is 0.438. The van der Waals surface area contributed by atoms with Gasteiger partial charge in [0.25, 0.3) is 0 Å². The van der Waals surface area contributed by atoms with E-state index in [1.165, 1.54) is 94.4 Å². The monoisotopic (exact) mass is 617 g/mol. The van der Waals surface area contributed by atoms with Gasteiger partial charge in [0.05, 0.1) is 0 Å². The molecule has 0 unspecified atom stereocenters. The molecule has 0 aromatic heterocycles. The SMILES string of the molecule is CCCCc1[cH-]c2ccccc2c1C.CCCCc1[cH-]c2ccccc2c1C.CC[SiH]CC.[Cl-].[Cl-].[Zr+4]. The van der Waals surface area contributed by atoms with Crippen molar-refractivity contribution in [2.75, 3.05) is 0 Å². The van der Waals surface area contributed by atoms with E-state index < -0.39 is 0 Å². The van der Waals surface area contributed by atoms with Crippen LogP contribution < -0.4 is 24.8 Å². The zero-order valence-electron chi connectivity index (χ0n) is 23.3. The van der Waals surface area contributed by atoms with Crippen LogP contribution in [0.3, 0.4) is 0 Å². The van der Waals surface area contributed by atoms with Gasteiger partial charge < -0.3 is 24.8 Å². The largest absolute Gasteiger partial charge is 4.00 e. The molecule has 1 radical (unpaired) electrons. The van der Waals surface area contributed by atoms with E-state index >= 15 is 0 Å². The molecule has 0 amide bonds. The Labute approximate surface area is 255 Å². The summed E-state index contributed by atoms with van der Waals surface area (Å²) in [6.45, 7) is 13.5. The number of hydrogen-bond acceptors (Lipinski definition) is 0. The van der Waals surface area contributed by atoms with E-state index in [4.69, 9.17) is 0 Å². The van der Waals surface area contributed by atoms with Crippen LogP contribution in [-0.4, -0.2) is 9.52 Å². The van der Waals surface area contributed by atoms with Crippen molar-refractivity contribution in [3.05, 3.63) is 82.9 Å². The summed E-state index contributed by atoms with van der Waals surface area (Å²) in [4.78, 5) is 0. The topological polar surface area (TPSA) is 0 Å². The predicted octanol–water partition coefficient (Wildman–Crippen LogP) is 3.72. The first-order valence-electron chi connectivity index (χ1n) is 13.2. The molecule has 0 bridgehead atoms. The molecule has 0 nitrogen and oxygen atoms in total. The Morgan fingerprint density at radius 1 is 0.611 bits per heavy atom. The Hall–Kier alpha value is -0.660. The molecule has 36 heavy (non-hydrogen) atoms. The van der Waals surface area contributed by atoms with Gasteiger partial charge in [0, 0.05) is 9.52 Å². The van der Waals surface area contributed by atoms with E-state index in [1.807, 2.05) is 0 Å². The van der Waals surface area contributed by atoms with Gasteiger partial charge in [-0.1, -0.05) is 91.4 Å². The van der Waals surface area contributed by atoms with Crippen molar-refractivity contribution in [3.63, 3.8) is 0 Å². The Bertz CT molecular complexity index is 994. The number of benzene rings is 2. The first-order chi connectivity index (χ1) is 16.1. The number of hydrogen-bond donors (Lipinski definition) is 0. The van der Waals surface area contributed by atoms with E-state index in [2.05, 4.69) is 102 Å². The van der Waals surface area contributed by atoms with Gasteiger partial charge in [-0.05, 0) is 12.8 Å². The second-order valence-corrected chi connectivity index (χ2v) is 11.3. The maximum Gasteiger partial charge on any atom is 4.00 e. The predicted molar refractivity (Wildman–Crippen MR) is 154 cm³/mol. The first-order valence-corrected chi connectivity index (χ1v) is 14.8. The van der Waals surface area contributed by atoms with E-state index in [1.54, 1.807) is 0 Å². The second-order valence-electron chi connectivity index (χ2n) is 9.08. The fourth-order valence-corrected chi connectivity index (χ4v) is 4.99. The molecule has 4 aromatic rings. The molecular weight excluding hydrogens is 575 g/mol. The van der Waals surface area contributed by atoms with Crippen LogP contribution in [0.5, 0.6) is 0 Å². The molecule has 4 heteroatoms. The fourth-order valence-electron chi connectivity index (χ4n) is 4.41. The molecule has 0 atom stereocenters. The van der Waals surface area contributed by atoms with Crippen molar-refractivity contribution >= 4 is 31.1 Å². The van der Waals surface area contributed by atoms with Crippen molar-refractivity contribution in [2.24, 2.45) is 0 Å². The van der Waals surface area contributed by atoms with Gasteiger partial charge in [-0.3, -0.25) is 0 Å². The first kappa shape index (κ1) is 37.5. The molecule has 0 saturated heterocycles. The van der Waals surface area contributed by atoms with Gasteiger partial charge in [0.2, 0.25) is 0 Å². The molecule has 0 spiro atoms. The summed E-state index contributed by atoms with van der Waals surface area (Å²) < 4.78 is 0. The molecular formula is C32H45Cl2SiZr. The second kappa shape index (κ2) is 21.3. The Morgan fingerprint density at radius 3 is 1.25 bits per heavy atom. The number of unbranched alkanes of at least 4 members (excludes halogenated alkanes) is 2. The van der Waals surface area contributed by atoms with Crippen LogP contribution in [0.4, 0.5) is 0 Å². The zero-order chi connectivity index (χ0) is 24.1. The van der Waals surface area contributed by atoms with Crippen LogP contribution in [0.1, 0.15) is 75.6 Å². The van der Waals surface area contributed by atoms with Gasteiger partial charge in [-0.2, -0.15) is 11.1 Å². The molecule has 0 fully saturated rings. The Balaban J connectivity index is 0. The molecule has 0 saturated carbocycles. The summed E-state index contributed by atoms with van der Waals surface area (Å²) in [7, 11) is 0.815. The maximum absolute atomic E-state index is 2.35. The van der Waals surface area contributed by atoms with Crippen molar-refractivity contribution in [1.29, 1.82) is 0 Å². The molecule has 0 heterocycles. The van der Waals surface area contributed by atoms with Gasteiger partial charge in [-0.15, -0.1) is 81.2 Å². The van der Waals surface area contributed by atoms with Crippen LogP contribution >= 0.6 is 0 Å². The minimum Gasteiger partial charge on any atom is -1.00 e. The molecule has 0 aliphatic carbocycles. The minimum absolute atomic E-state index is 0. The normalized spacial score (nSPS) is 9.72. The number of rotatable bonds is 8. The molecule has 0 N–H and O–H groups in total. The van der Waals surface area contributed by atoms with Crippen molar-refractivity contribution in [2.45, 2.75) is 92.2 Å². The van der Waals surface area contributed by atoms with E-state index in [9.17, 15) is 0 Å². The van der Waals surface area contributed by atoms with Gasteiger partial charge in [0.15, 0.2) is 0 Å². The molecule has 195 valence electrons. The third-order valence-electron chi connectivity index (χ3n) is 6.53. The molecule has 4 aromatic carbocycles. The van der Waals surface area contributed by atoms with Gasteiger partial charge in [-0.25, -0.2) is 0 Å². The van der Waals surface area contributed by atoms with E-state index in [0.29, 0.717) is 0 Å². The molecule has 0 aliphatic rings. The smallest absolute Gasteiger partial charge is 1.00 e. The van der Waals surface area contributed by atoms with Crippen molar-refractivity contribution in [1.82, 2.24) is 0 Å². The molecule has 4 rings (SSSR count). The Kier molecular flexibility index (Phi) is 22.2. The summed E-state index contributed by atoms with van der Waals surface area (Å²) in [6.07, 6.45) is 7.63. The zero-order valence-corrected chi connectivity index (χ0v) is 28.4. The Morgan fingerprint density at radius 2 is 0.972 bits per heavy atom. The minimum atomic E-state index is 0. The number of fused-ring (bicyclic) bond motifs is 2. The quantitative estimate of drug-likeness (QED) is 0.209. The average molecular weight is 620 g/mol. The average Bonchev–Trinajstić information content (AvgIpc) is 3.34. The van der Waals surface area contributed by atoms with Crippen molar-refractivity contribution in [3.8, 4) is 0 Å². The van der Waals surface area contributed by atoms with Crippen LogP contribution in [0.25, 0.3) is 21.5 Å². The van der Waals surface area contributed by atoms with Gasteiger partial charge >= 0.3 is 26.2 Å². The summed E-state index contributed by atoms with van der Waals surface area (Å²) in [5.74, 6) is 0. The number of aryl methyl sites for hydroxylation is 4. The summed E-state index contributed by atoms with van der Waals surface area (Å²) in [6, 6.07) is 24.9. The third kappa shape index (κ3) is 11.4. The van der Waals surface area contributed by atoms with Crippen LogP contribution in [-0.2, 0) is 39.0 Å². The van der Waals surface area contributed by atoms with Crippen LogP contribution in [0.15, 0.2) is 60.7 Å². The van der Waals surface area contributed by atoms with Gasteiger partial charge in [0.1, 0.15) is 0 Å². The summed E-state index contributed by atoms with van der Waals surface area (Å²) >= 11 is 0. The van der Waals surface area contributed by atoms with E-state index in [-0.39, 0.29) is 51.0 Å². The van der Waals surface area contributed by atoms with Crippen LogP contribution in [0.2, 0.25) is 12.1 Å². The maximum atomic E-state index is 2.35. The van der Waals surface area contributed by atoms with E-state index in [0.717, 1.165) is 9.52 Å². The number of halogens is 2. The molecule has 0 aliphatic heterocycles. The van der Waals surface area contributed by atoms with Crippen molar-refractivity contribution < 1.29 is 51.0 Å².